The van der Waals surface area contributed by atoms with Gasteiger partial charge in [0.2, 0.25) is 0 Å². The van der Waals surface area contributed by atoms with E-state index in [0.717, 1.165) is 11.1 Å². The van der Waals surface area contributed by atoms with Crippen molar-refractivity contribution in [2.45, 2.75) is 12.8 Å². The fourth-order valence-corrected chi connectivity index (χ4v) is 2.90. The van der Waals surface area contributed by atoms with Crippen molar-refractivity contribution in [3.8, 4) is 11.8 Å². The predicted molar refractivity (Wildman–Crippen MR) is 95.4 cm³/mol. The van der Waals surface area contributed by atoms with Gasteiger partial charge in [-0.1, -0.05) is 12.1 Å². The predicted octanol–water partition coefficient (Wildman–Crippen LogP) is 3.92. The van der Waals surface area contributed by atoms with Gasteiger partial charge in [0.15, 0.2) is 5.78 Å². The van der Waals surface area contributed by atoms with Gasteiger partial charge in [-0.25, -0.2) is 4.79 Å². The Hall–Kier alpha value is -3.59. The number of carbonyl (C=O) groups is 2. The fraction of sp³-hybridized carbons (Fsp3) is 0.150. The van der Waals surface area contributed by atoms with Crippen molar-refractivity contribution >= 4 is 22.8 Å². The van der Waals surface area contributed by atoms with Gasteiger partial charge in [0, 0.05) is 36.1 Å². The number of hydrogen-bond donors (Lipinski definition) is 1. The summed E-state index contributed by atoms with van der Waals surface area (Å²) in [4.78, 5) is 23.4. The number of carbonyl (C=O) groups excluding carboxylic acids is 1. The summed E-state index contributed by atoms with van der Waals surface area (Å²) in [6.45, 7) is 0. The molecule has 1 heterocycles. The molecule has 1 aromatic heterocycles. The Bertz CT molecular complexity index is 1030. The molecule has 0 fully saturated rings. The number of aromatic nitrogens is 1. The topological polar surface area (TPSA) is 92.3 Å². The highest BCUT2D eigenvalue weighted by molar-refractivity contribution is 6.08. The van der Waals surface area contributed by atoms with Gasteiger partial charge in [-0.3, -0.25) is 4.79 Å². The van der Waals surface area contributed by atoms with Crippen molar-refractivity contribution in [2.24, 2.45) is 7.05 Å². The number of Topliss-reactive ketones (excluding diaryl/α,β-unsaturated/α-hetero) is 1. The van der Waals surface area contributed by atoms with Gasteiger partial charge in [0.05, 0.1) is 11.6 Å². The number of nitriles is 1. The van der Waals surface area contributed by atoms with Crippen LogP contribution in [0.3, 0.4) is 0 Å². The molecule has 0 aliphatic heterocycles. The molecule has 0 bridgehead atoms. The Kier molecular flexibility index (Phi) is 4.72. The van der Waals surface area contributed by atoms with Crippen molar-refractivity contribution in [1.82, 2.24) is 4.57 Å². The van der Waals surface area contributed by atoms with E-state index in [2.05, 4.69) is 10.8 Å². The molecule has 1 N–H and O–H groups in total. The maximum Gasteiger partial charge on any atom is 0.511 e. The Labute approximate surface area is 149 Å². The van der Waals surface area contributed by atoms with Gasteiger partial charge < -0.3 is 14.4 Å². The third kappa shape index (κ3) is 3.57. The van der Waals surface area contributed by atoms with Crippen molar-refractivity contribution in [2.75, 3.05) is 0 Å². The summed E-state index contributed by atoms with van der Waals surface area (Å²) in [6.07, 6.45) is 1.23. The maximum absolute atomic E-state index is 12.7. The van der Waals surface area contributed by atoms with Crippen molar-refractivity contribution in [3.05, 3.63) is 65.4 Å². The maximum atomic E-state index is 12.7. The van der Waals surface area contributed by atoms with E-state index in [1.54, 1.807) is 36.5 Å². The van der Waals surface area contributed by atoms with E-state index < -0.39 is 6.16 Å². The average molecular weight is 348 g/mol. The molecule has 3 rings (SSSR count). The monoisotopic (exact) mass is 348 g/mol. The Balaban J connectivity index is 1.82. The van der Waals surface area contributed by atoms with Crippen molar-refractivity contribution in [3.63, 3.8) is 0 Å². The number of ether oxygens (including phenoxy) is 1. The molecule has 0 atom stereocenters. The van der Waals surface area contributed by atoms with E-state index >= 15 is 0 Å². The summed E-state index contributed by atoms with van der Waals surface area (Å²) in [7, 11) is 1.83. The summed E-state index contributed by atoms with van der Waals surface area (Å²) < 4.78 is 6.52. The second-order valence-corrected chi connectivity index (χ2v) is 5.93. The zero-order chi connectivity index (χ0) is 18.7. The zero-order valence-electron chi connectivity index (χ0n) is 14.1. The molecule has 3 aromatic rings. The first kappa shape index (κ1) is 17.2. The Morgan fingerprint density at radius 2 is 1.92 bits per heavy atom. The molecular formula is C20H16N2O4. The number of carboxylic acid groups (broad SMARTS) is 1. The van der Waals surface area contributed by atoms with E-state index in [0.29, 0.717) is 29.4 Å². The van der Waals surface area contributed by atoms with Crippen LogP contribution in [-0.4, -0.2) is 21.6 Å². The highest BCUT2D eigenvalue weighted by Gasteiger charge is 2.15. The van der Waals surface area contributed by atoms with Crippen molar-refractivity contribution in [1.29, 1.82) is 5.26 Å². The van der Waals surface area contributed by atoms with E-state index in [1.807, 2.05) is 23.7 Å². The molecule has 0 saturated heterocycles. The van der Waals surface area contributed by atoms with E-state index in [4.69, 9.17) is 10.4 Å². The molecule has 0 spiro atoms. The van der Waals surface area contributed by atoms with E-state index in [9.17, 15) is 9.59 Å². The molecular weight excluding hydrogens is 332 g/mol. The molecule has 0 unspecified atom stereocenters. The van der Waals surface area contributed by atoms with Crippen LogP contribution >= 0.6 is 0 Å². The van der Waals surface area contributed by atoms with Gasteiger partial charge in [-0.15, -0.1) is 0 Å². The normalized spacial score (nSPS) is 10.5. The average Bonchev–Trinajstić information content (AvgIpc) is 2.96. The molecule has 0 radical (unpaired) electrons. The second kappa shape index (κ2) is 7.11. The van der Waals surface area contributed by atoms with Crippen LogP contribution in [0.4, 0.5) is 4.79 Å². The van der Waals surface area contributed by atoms with E-state index in [-0.39, 0.29) is 11.5 Å². The number of rotatable bonds is 5. The van der Waals surface area contributed by atoms with Gasteiger partial charge in [0.1, 0.15) is 5.75 Å². The molecule has 0 amide bonds. The number of hydrogen-bond acceptors (Lipinski definition) is 4. The molecule has 0 aliphatic rings. The first-order valence-electron chi connectivity index (χ1n) is 8.00. The number of ketones is 1. The smallest absolute Gasteiger partial charge is 0.449 e. The van der Waals surface area contributed by atoms with Crippen LogP contribution in [-0.2, 0) is 13.5 Å². The minimum absolute atomic E-state index is 0.0348. The molecule has 0 saturated carbocycles. The Morgan fingerprint density at radius 3 is 2.58 bits per heavy atom. The summed E-state index contributed by atoms with van der Waals surface area (Å²) in [5.74, 6) is 0.143. The lowest BCUT2D eigenvalue weighted by molar-refractivity contribution is 0.0984. The third-order valence-electron chi connectivity index (χ3n) is 4.19. The minimum atomic E-state index is -1.39. The molecule has 6 heteroatoms. The van der Waals surface area contributed by atoms with Gasteiger partial charge in [0.25, 0.3) is 0 Å². The molecule has 130 valence electrons. The minimum Gasteiger partial charge on any atom is -0.449 e. The summed E-state index contributed by atoms with van der Waals surface area (Å²) in [6, 6.07) is 14.1. The highest BCUT2D eigenvalue weighted by Crippen LogP contribution is 2.27. The lowest BCUT2D eigenvalue weighted by Gasteiger charge is -2.03. The molecule has 26 heavy (non-hydrogen) atoms. The van der Waals surface area contributed by atoms with Gasteiger partial charge in [-0.2, -0.15) is 5.26 Å². The van der Waals surface area contributed by atoms with Crippen LogP contribution in [0.1, 0.15) is 27.9 Å². The standard InChI is InChI=1S/C20H16N2O4/c1-22-12-17(16-10-15(26-20(24)25)7-8-18(16)22)19(23)9-6-13-2-4-14(11-21)5-3-13/h2-5,7-8,10,12H,6,9H2,1H3,(H,24,25). The SMILES string of the molecule is Cn1cc(C(=O)CCc2ccc(C#N)cc2)c2cc(OC(=O)O)ccc21. The summed E-state index contributed by atoms with van der Waals surface area (Å²) in [5, 5.41) is 18.2. The van der Waals surface area contributed by atoms with Gasteiger partial charge in [-0.05, 0) is 42.3 Å². The van der Waals surface area contributed by atoms with Crippen LogP contribution in [0.15, 0.2) is 48.7 Å². The van der Waals surface area contributed by atoms with E-state index in [1.165, 1.54) is 0 Å². The van der Waals surface area contributed by atoms with Crippen LogP contribution in [0, 0.1) is 11.3 Å². The van der Waals surface area contributed by atoms with Crippen LogP contribution in [0.25, 0.3) is 10.9 Å². The second-order valence-electron chi connectivity index (χ2n) is 5.93. The first-order chi connectivity index (χ1) is 12.5. The summed E-state index contributed by atoms with van der Waals surface area (Å²) in [5.41, 5.74) is 2.92. The highest BCUT2D eigenvalue weighted by atomic mass is 16.7. The number of benzene rings is 2. The third-order valence-corrected chi connectivity index (χ3v) is 4.19. The molecule has 2 aromatic carbocycles. The van der Waals surface area contributed by atoms with Gasteiger partial charge >= 0.3 is 6.16 Å². The summed E-state index contributed by atoms with van der Waals surface area (Å²) >= 11 is 0. The molecule has 0 aliphatic carbocycles. The number of nitrogens with zero attached hydrogens (tertiary/aromatic N) is 2. The van der Waals surface area contributed by atoms with Crippen LogP contribution in [0.5, 0.6) is 5.75 Å². The van der Waals surface area contributed by atoms with Crippen molar-refractivity contribution < 1.29 is 19.4 Å². The quantitative estimate of drug-likeness (QED) is 0.428. The lowest BCUT2D eigenvalue weighted by Crippen LogP contribution is -2.03. The lowest BCUT2D eigenvalue weighted by atomic mass is 10.0. The first-order valence-corrected chi connectivity index (χ1v) is 8.00. The molecule has 6 nitrogen and oxygen atoms in total. The largest absolute Gasteiger partial charge is 0.511 e. The number of fused-ring (bicyclic) bond motifs is 1. The zero-order valence-corrected chi connectivity index (χ0v) is 14.1. The number of aryl methyl sites for hydroxylation is 2. The van der Waals surface area contributed by atoms with Crippen LogP contribution < -0.4 is 4.74 Å². The van der Waals surface area contributed by atoms with Crippen LogP contribution in [0.2, 0.25) is 0 Å². The Morgan fingerprint density at radius 1 is 1.19 bits per heavy atom. The fourth-order valence-electron chi connectivity index (χ4n) is 2.90.